The van der Waals surface area contributed by atoms with Crippen molar-refractivity contribution >= 4 is 21.6 Å². The molecule has 0 atom stereocenters. The molecule has 1 aromatic rings. The predicted molar refractivity (Wildman–Crippen MR) is 47.4 cm³/mol. The lowest BCUT2D eigenvalue weighted by atomic mass is 10.3. The summed E-state index contributed by atoms with van der Waals surface area (Å²) >= 11 is 2.90. The molecule has 4 nitrogen and oxygen atoms in total. The van der Waals surface area contributed by atoms with Gasteiger partial charge >= 0.3 is 5.69 Å². The third kappa shape index (κ3) is 2.16. The summed E-state index contributed by atoms with van der Waals surface area (Å²) in [6.07, 6.45) is 0. The van der Waals surface area contributed by atoms with E-state index in [0.717, 1.165) is 12.1 Å². The molecule has 0 bridgehead atoms. The molecule has 0 saturated heterocycles. The number of nitro groups is 1. The molecule has 0 heterocycles. The van der Waals surface area contributed by atoms with Gasteiger partial charge in [0.15, 0.2) is 0 Å². The van der Waals surface area contributed by atoms with Crippen molar-refractivity contribution in [3.8, 4) is 5.75 Å². The van der Waals surface area contributed by atoms with E-state index in [-0.39, 0.29) is 4.47 Å². The smallest absolute Gasteiger partial charge is 0.346 e. The van der Waals surface area contributed by atoms with Crippen LogP contribution in [0, 0.1) is 15.9 Å². The summed E-state index contributed by atoms with van der Waals surface area (Å²) in [5, 5.41) is 10.4. The molecular weight excluding hydrogens is 264 g/mol. The third-order valence-corrected chi connectivity index (χ3v) is 1.84. The zero-order valence-electron chi connectivity index (χ0n) is 6.67. The topological polar surface area (TPSA) is 52.4 Å². The number of alkyl halides is 1. The first-order valence-corrected chi connectivity index (χ1v) is 4.17. The molecule has 7 heteroatoms. The second kappa shape index (κ2) is 4.32. The Labute approximate surface area is 85.8 Å². The highest BCUT2D eigenvalue weighted by molar-refractivity contribution is 9.10. The van der Waals surface area contributed by atoms with Crippen LogP contribution >= 0.6 is 15.9 Å². The Kier molecular flexibility index (Phi) is 3.34. The highest BCUT2D eigenvalue weighted by Crippen LogP contribution is 2.33. The monoisotopic (exact) mass is 267 g/mol. The van der Waals surface area contributed by atoms with Gasteiger partial charge in [0.1, 0.15) is 0 Å². The molecule has 0 spiro atoms. The van der Waals surface area contributed by atoms with Crippen LogP contribution in [0.1, 0.15) is 0 Å². The van der Waals surface area contributed by atoms with Gasteiger partial charge in [0.2, 0.25) is 18.4 Å². The number of rotatable bonds is 3. The van der Waals surface area contributed by atoms with Gasteiger partial charge in [0.05, 0.1) is 4.92 Å². The Hall–Kier alpha value is -1.24. The highest BCUT2D eigenvalue weighted by atomic mass is 79.9. The summed E-state index contributed by atoms with van der Waals surface area (Å²) in [4.78, 5) is 9.41. The van der Waals surface area contributed by atoms with E-state index in [1.54, 1.807) is 0 Å². The maximum absolute atomic E-state index is 13.0. The lowest BCUT2D eigenvalue weighted by Gasteiger charge is -2.03. The number of nitro benzene ring substituents is 1. The number of nitrogens with zero attached hydrogens (tertiary/aromatic N) is 1. The van der Waals surface area contributed by atoms with Gasteiger partial charge in [-0.25, -0.2) is 4.39 Å². The first-order valence-electron chi connectivity index (χ1n) is 3.38. The van der Waals surface area contributed by atoms with Gasteiger partial charge in [-0.1, -0.05) is 15.9 Å². The van der Waals surface area contributed by atoms with Crippen molar-refractivity contribution < 1.29 is 18.4 Å². The standard InChI is InChI=1S/C7H4BrF2NO3/c8-4-1-5(10)7(11(12)13)6(2-4)14-3-9/h1-2H,3H2. The number of hydrogen-bond donors (Lipinski definition) is 0. The molecule has 0 saturated carbocycles. The fourth-order valence-corrected chi connectivity index (χ4v) is 1.30. The number of hydrogen-bond acceptors (Lipinski definition) is 3. The summed E-state index contributed by atoms with van der Waals surface area (Å²) in [5.41, 5.74) is -0.870. The second-order valence-corrected chi connectivity index (χ2v) is 3.16. The minimum atomic E-state index is -1.25. The van der Waals surface area contributed by atoms with Crippen molar-refractivity contribution in [2.45, 2.75) is 0 Å². The quantitative estimate of drug-likeness (QED) is 0.625. The maximum atomic E-state index is 13.0. The average molecular weight is 268 g/mol. The molecule has 0 aliphatic heterocycles. The number of ether oxygens (including phenoxy) is 1. The zero-order valence-corrected chi connectivity index (χ0v) is 8.25. The van der Waals surface area contributed by atoms with Gasteiger partial charge in [-0.05, 0) is 6.07 Å². The Morgan fingerprint density at radius 3 is 2.71 bits per heavy atom. The van der Waals surface area contributed by atoms with Gasteiger partial charge in [-0.3, -0.25) is 10.1 Å². The van der Waals surface area contributed by atoms with Crippen LogP contribution in [0.25, 0.3) is 0 Å². The Morgan fingerprint density at radius 1 is 1.57 bits per heavy atom. The van der Waals surface area contributed by atoms with E-state index in [2.05, 4.69) is 20.7 Å². The predicted octanol–water partition coefficient (Wildman–Crippen LogP) is 2.80. The second-order valence-electron chi connectivity index (χ2n) is 2.24. The first-order chi connectivity index (χ1) is 6.56. The maximum Gasteiger partial charge on any atom is 0.346 e. The van der Waals surface area contributed by atoms with Crippen molar-refractivity contribution in [3.63, 3.8) is 0 Å². The van der Waals surface area contributed by atoms with Crippen molar-refractivity contribution in [1.82, 2.24) is 0 Å². The summed E-state index contributed by atoms with van der Waals surface area (Å²) in [7, 11) is 0. The Bertz CT molecular complexity index is 372. The molecule has 1 aromatic carbocycles. The summed E-state index contributed by atoms with van der Waals surface area (Å²) < 4.78 is 29.3. The lowest BCUT2D eigenvalue weighted by molar-refractivity contribution is -0.388. The molecule has 0 aliphatic carbocycles. The molecule has 0 fully saturated rings. The van der Waals surface area contributed by atoms with Crippen LogP contribution in [0.3, 0.4) is 0 Å². The Balaban J connectivity index is 3.28. The van der Waals surface area contributed by atoms with E-state index >= 15 is 0 Å². The number of halogens is 3. The van der Waals surface area contributed by atoms with Crippen molar-refractivity contribution in [3.05, 3.63) is 32.5 Å². The van der Waals surface area contributed by atoms with E-state index < -0.39 is 29.0 Å². The SMILES string of the molecule is O=[N+]([O-])c1c(F)cc(Br)cc1OCF. The molecule has 0 aromatic heterocycles. The summed E-state index contributed by atoms with van der Waals surface area (Å²) in [6.45, 7) is -1.25. The summed E-state index contributed by atoms with van der Waals surface area (Å²) in [5.74, 6) is -1.52. The van der Waals surface area contributed by atoms with E-state index in [0.29, 0.717) is 0 Å². The minimum Gasteiger partial charge on any atom is -0.456 e. The molecular formula is C7H4BrF2NO3. The van der Waals surface area contributed by atoms with Gasteiger partial charge in [-0.2, -0.15) is 4.39 Å². The molecule has 1 rings (SSSR count). The van der Waals surface area contributed by atoms with Crippen LogP contribution < -0.4 is 4.74 Å². The van der Waals surface area contributed by atoms with Gasteiger partial charge in [0.25, 0.3) is 0 Å². The average Bonchev–Trinajstić information content (AvgIpc) is 2.01. The van der Waals surface area contributed by atoms with E-state index in [1.165, 1.54) is 0 Å². The van der Waals surface area contributed by atoms with E-state index in [9.17, 15) is 18.9 Å². The first kappa shape index (κ1) is 10.8. The highest BCUT2D eigenvalue weighted by Gasteiger charge is 2.22. The molecule has 14 heavy (non-hydrogen) atoms. The van der Waals surface area contributed by atoms with Crippen LogP contribution in [0.2, 0.25) is 0 Å². The minimum absolute atomic E-state index is 0.240. The fraction of sp³-hybridized carbons (Fsp3) is 0.143. The van der Waals surface area contributed by atoms with Gasteiger partial charge in [0, 0.05) is 10.5 Å². The summed E-state index contributed by atoms with van der Waals surface area (Å²) in [6, 6.07) is 2.03. The van der Waals surface area contributed by atoms with Crippen LogP contribution in [0.4, 0.5) is 14.5 Å². The molecule has 0 aliphatic rings. The molecule has 0 amide bonds. The van der Waals surface area contributed by atoms with Crippen LogP contribution in [0.15, 0.2) is 16.6 Å². The van der Waals surface area contributed by atoms with Crippen LogP contribution in [-0.4, -0.2) is 11.8 Å². The molecule has 76 valence electrons. The number of benzene rings is 1. The molecule has 0 unspecified atom stereocenters. The normalized spacial score (nSPS) is 9.93. The third-order valence-electron chi connectivity index (χ3n) is 1.39. The van der Waals surface area contributed by atoms with Gasteiger partial charge < -0.3 is 4.74 Å². The van der Waals surface area contributed by atoms with E-state index in [1.807, 2.05) is 0 Å². The van der Waals surface area contributed by atoms with Crippen molar-refractivity contribution in [2.24, 2.45) is 0 Å². The van der Waals surface area contributed by atoms with Gasteiger partial charge in [-0.15, -0.1) is 0 Å². The lowest BCUT2D eigenvalue weighted by Crippen LogP contribution is -1.99. The zero-order chi connectivity index (χ0) is 10.7. The van der Waals surface area contributed by atoms with Crippen LogP contribution in [-0.2, 0) is 0 Å². The van der Waals surface area contributed by atoms with Crippen molar-refractivity contribution in [2.75, 3.05) is 6.86 Å². The molecule has 0 N–H and O–H groups in total. The van der Waals surface area contributed by atoms with Crippen molar-refractivity contribution in [1.29, 1.82) is 0 Å². The molecule has 0 radical (unpaired) electrons. The Morgan fingerprint density at radius 2 is 2.21 bits per heavy atom. The largest absolute Gasteiger partial charge is 0.456 e. The van der Waals surface area contributed by atoms with Crippen LogP contribution in [0.5, 0.6) is 5.75 Å². The van der Waals surface area contributed by atoms with E-state index in [4.69, 9.17) is 0 Å². The fourth-order valence-electron chi connectivity index (χ4n) is 0.888.